The van der Waals surface area contributed by atoms with Gasteiger partial charge in [-0.05, 0) is 55.4 Å². The molecule has 0 bridgehead atoms. The number of rotatable bonds is 2. The number of ketones is 1. The highest BCUT2D eigenvalue weighted by molar-refractivity contribution is 6.08. The zero-order chi connectivity index (χ0) is 18.3. The summed E-state index contributed by atoms with van der Waals surface area (Å²) in [6.45, 7) is 2.69. The summed E-state index contributed by atoms with van der Waals surface area (Å²) in [5.74, 6) is -0.319. The first kappa shape index (κ1) is 16.8. The number of hydrogen-bond acceptors (Lipinski definition) is 3. The Balaban J connectivity index is 1.75. The van der Waals surface area contributed by atoms with Crippen LogP contribution in [0.4, 0.5) is 5.69 Å². The van der Waals surface area contributed by atoms with Gasteiger partial charge in [0.2, 0.25) is 0 Å². The standard InChI is InChI=1S/C21H22N2O3/c1-2-13-8-9-18-14(11-13)5-4-10-23(18)21(26)16-12-15-17(22-20(16)25)6-3-7-19(15)24/h8-9,11-12H,2-7,10H2,1H3,(H,22,25). The van der Waals surface area contributed by atoms with Gasteiger partial charge in [0.1, 0.15) is 5.56 Å². The molecule has 2 heterocycles. The monoisotopic (exact) mass is 350 g/mol. The van der Waals surface area contributed by atoms with Crippen LogP contribution in [-0.4, -0.2) is 23.2 Å². The molecule has 0 atom stereocenters. The predicted octanol–water partition coefficient (Wildman–Crippen LogP) is 3.05. The molecular formula is C21H22N2O3. The molecule has 5 nitrogen and oxygen atoms in total. The molecule has 0 saturated carbocycles. The van der Waals surface area contributed by atoms with E-state index in [0.717, 1.165) is 36.9 Å². The van der Waals surface area contributed by atoms with Gasteiger partial charge >= 0.3 is 0 Å². The molecule has 26 heavy (non-hydrogen) atoms. The van der Waals surface area contributed by atoms with Crippen LogP contribution in [0.5, 0.6) is 0 Å². The second-order valence-electron chi connectivity index (χ2n) is 7.06. The van der Waals surface area contributed by atoms with Crippen molar-refractivity contribution in [2.75, 3.05) is 11.4 Å². The van der Waals surface area contributed by atoms with Crippen LogP contribution < -0.4 is 10.5 Å². The van der Waals surface area contributed by atoms with Gasteiger partial charge in [-0.1, -0.05) is 19.1 Å². The number of amides is 1. The minimum atomic E-state index is -0.402. The zero-order valence-electron chi connectivity index (χ0n) is 14.9. The number of nitrogens with zero attached hydrogens (tertiary/aromatic N) is 1. The largest absolute Gasteiger partial charge is 0.325 e. The van der Waals surface area contributed by atoms with Crippen molar-refractivity contribution in [3.63, 3.8) is 0 Å². The maximum absolute atomic E-state index is 13.1. The lowest BCUT2D eigenvalue weighted by Crippen LogP contribution is -2.39. The summed E-state index contributed by atoms with van der Waals surface area (Å²) in [6.07, 6.45) is 4.65. The molecule has 0 radical (unpaired) electrons. The molecule has 0 spiro atoms. The number of hydrogen-bond donors (Lipinski definition) is 1. The zero-order valence-corrected chi connectivity index (χ0v) is 14.9. The van der Waals surface area contributed by atoms with Gasteiger partial charge in [0.25, 0.3) is 11.5 Å². The van der Waals surface area contributed by atoms with Crippen LogP contribution in [0.1, 0.15) is 63.7 Å². The lowest BCUT2D eigenvalue weighted by Gasteiger charge is -2.30. The second-order valence-corrected chi connectivity index (χ2v) is 7.06. The number of carbonyl (C=O) groups is 2. The number of aromatic nitrogens is 1. The van der Waals surface area contributed by atoms with E-state index < -0.39 is 5.56 Å². The minimum absolute atomic E-state index is 0.00295. The molecule has 2 aromatic rings. The summed E-state index contributed by atoms with van der Waals surface area (Å²) >= 11 is 0. The smallest absolute Gasteiger partial charge is 0.263 e. The van der Waals surface area contributed by atoms with E-state index in [-0.39, 0.29) is 17.3 Å². The normalized spacial score (nSPS) is 16.2. The number of aryl methyl sites for hydroxylation is 3. The van der Waals surface area contributed by atoms with Crippen molar-refractivity contribution >= 4 is 17.4 Å². The molecule has 1 aliphatic heterocycles. The number of fused-ring (bicyclic) bond motifs is 2. The van der Waals surface area contributed by atoms with Gasteiger partial charge < -0.3 is 9.88 Å². The number of H-pyrrole nitrogens is 1. The molecular weight excluding hydrogens is 328 g/mol. The third-order valence-corrected chi connectivity index (χ3v) is 5.40. The summed E-state index contributed by atoms with van der Waals surface area (Å²) in [5.41, 5.74) is 4.09. The summed E-state index contributed by atoms with van der Waals surface area (Å²) in [5, 5.41) is 0. The topological polar surface area (TPSA) is 70.2 Å². The number of benzene rings is 1. The van der Waals surface area contributed by atoms with Crippen molar-refractivity contribution in [1.29, 1.82) is 0 Å². The Hall–Kier alpha value is -2.69. The van der Waals surface area contributed by atoms with Crippen molar-refractivity contribution in [3.05, 3.63) is 62.6 Å². The Labute approximate surface area is 152 Å². The molecule has 134 valence electrons. The Kier molecular flexibility index (Phi) is 4.23. The van der Waals surface area contributed by atoms with Gasteiger partial charge in [-0.2, -0.15) is 0 Å². The second kappa shape index (κ2) is 6.56. The van der Waals surface area contributed by atoms with Crippen molar-refractivity contribution in [3.8, 4) is 0 Å². The molecule has 5 heteroatoms. The van der Waals surface area contributed by atoms with Crippen molar-refractivity contribution < 1.29 is 9.59 Å². The highest BCUT2D eigenvalue weighted by atomic mass is 16.2. The van der Waals surface area contributed by atoms with Crippen molar-refractivity contribution in [2.24, 2.45) is 0 Å². The van der Waals surface area contributed by atoms with Gasteiger partial charge in [-0.3, -0.25) is 14.4 Å². The van der Waals surface area contributed by atoms with Crippen LogP contribution in [0, 0.1) is 0 Å². The van der Waals surface area contributed by atoms with Gasteiger partial charge in [-0.15, -0.1) is 0 Å². The van der Waals surface area contributed by atoms with Crippen LogP contribution in [-0.2, 0) is 19.3 Å². The van der Waals surface area contributed by atoms with E-state index >= 15 is 0 Å². The first-order chi connectivity index (χ1) is 12.6. The fourth-order valence-electron chi connectivity index (χ4n) is 3.96. The van der Waals surface area contributed by atoms with E-state index in [1.165, 1.54) is 11.6 Å². The summed E-state index contributed by atoms with van der Waals surface area (Å²) in [7, 11) is 0. The van der Waals surface area contributed by atoms with Crippen molar-refractivity contribution in [1.82, 2.24) is 4.98 Å². The summed E-state index contributed by atoms with van der Waals surface area (Å²) < 4.78 is 0. The Morgan fingerprint density at radius 2 is 1.96 bits per heavy atom. The summed E-state index contributed by atoms with van der Waals surface area (Å²) in [6, 6.07) is 7.66. The molecule has 0 fully saturated rings. The molecule has 4 rings (SSSR count). The molecule has 1 aromatic carbocycles. The number of carbonyl (C=O) groups excluding carboxylic acids is 2. The van der Waals surface area contributed by atoms with E-state index in [4.69, 9.17) is 0 Å². The van der Waals surface area contributed by atoms with E-state index in [0.29, 0.717) is 30.6 Å². The molecule has 1 amide bonds. The SMILES string of the molecule is CCc1ccc2c(c1)CCCN2C(=O)c1cc2c([nH]c1=O)CCCC2=O. The number of pyridine rings is 1. The molecule has 1 aliphatic carbocycles. The Morgan fingerprint density at radius 3 is 2.77 bits per heavy atom. The van der Waals surface area contributed by atoms with Gasteiger partial charge in [0, 0.05) is 29.9 Å². The van der Waals surface area contributed by atoms with Crippen LogP contribution in [0.2, 0.25) is 0 Å². The quantitative estimate of drug-likeness (QED) is 0.905. The van der Waals surface area contributed by atoms with E-state index in [1.807, 2.05) is 12.1 Å². The number of aromatic amines is 1. The average Bonchev–Trinajstić information content (AvgIpc) is 2.66. The summed E-state index contributed by atoms with van der Waals surface area (Å²) in [4.78, 5) is 42.2. The van der Waals surface area contributed by atoms with Gasteiger partial charge in [-0.25, -0.2) is 0 Å². The molecule has 2 aliphatic rings. The fourth-order valence-corrected chi connectivity index (χ4v) is 3.96. The lowest BCUT2D eigenvalue weighted by molar-refractivity contribution is 0.0971. The predicted molar refractivity (Wildman–Crippen MR) is 100 cm³/mol. The van der Waals surface area contributed by atoms with E-state index in [9.17, 15) is 14.4 Å². The molecule has 1 N–H and O–H groups in total. The van der Waals surface area contributed by atoms with Gasteiger partial charge in [0.15, 0.2) is 5.78 Å². The Bertz CT molecular complexity index is 958. The highest BCUT2D eigenvalue weighted by Gasteiger charge is 2.28. The number of nitrogens with one attached hydrogen (secondary N) is 1. The molecule has 0 saturated heterocycles. The maximum Gasteiger partial charge on any atom is 0.263 e. The van der Waals surface area contributed by atoms with Crippen molar-refractivity contribution in [2.45, 2.75) is 45.4 Å². The van der Waals surface area contributed by atoms with Crippen LogP contribution in [0.3, 0.4) is 0 Å². The van der Waals surface area contributed by atoms with Crippen LogP contribution >= 0.6 is 0 Å². The third kappa shape index (κ3) is 2.77. The van der Waals surface area contributed by atoms with E-state index in [1.54, 1.807) is 4.90 Å². The van der Waals surface area contributed by atoms with E-state index in [2.05, 4.69) is 18.0 Å². The fraction of sp³-hybridized carbons (Fsp3) is 0.381. The molecule has 1 aromatic heterocycles. The third-order valence-electron chi connectivity index (χ3n) is 5.40. The number of anilines is 1. The number of Topliss-reactive ketones (excluding diaryl/α,β-unsaturated/α-hetero) is 1. The van der Waals surface area contributed by atoms with Crippen LogP contribution in [0.15, 0.2) is 29.1 Å². The molecule has 0 unspecified atom stereocenters. The minimum Gasteiger partial charge on any atom is -0.325 e. The highest BCUT2D eigenvalue weighted by Crippen LogP contribution is 2.29. The van der Waals surface area contributed by atoms with Gasteiger partial charge in [0.05, 0.1) is 0 Å². The Morgan fingerprint density at radius 1 is 1.12 bits per heavy atom. The van der Waals surface area contributed by atoms with Crippen LogP contribution in [0.25, 0.3) is 0 Å². The first-order valence-electron chi connectivity index (χ1n) is 9.31. The maximum atomic E-state index is 13.1. The first-order valence-corrected chi connectivity index (χ1v) is 9.31. The lowest BCUT2D eigenvalue weighted by atomic mass is 9.93. The average molecular weight is 350 g/mol.